The number of anilines is 4. The van der Waals surface area contributed by atoms with Crippen molar-refractivity contribution >= 4 is 58.0 Å². The zero-order chi connectivity index (χ0) is 38.7. The number of rotatable bonds is 10. The molecule has 0 spiro atoms. The van der Waals surface area contributed by atoms with Crippen LogP contribution in [0.4, 0.5) is 32.3 Å². The molecule has 55 heavy (non-hydrogen) atoms. The summed E-state index contributed by atoms with van der Waals surface area (Å²) < 4.78 is 9.56. The van der Waals surface area contributed by atoms with E-state index in [2.05, 4.69) is 36.4 Å². The Morgan fingerprint density at radius 3 is 1.62 bits per heavy atom. The highest BCUT2D eigenvalue weighted by molar-refractivity contribution is 6.31. The predicted octanol–water partition coefficient (Wildman–Crippen LogP) is 8.95. The maximum atomic E-state index is 12.4. The number of nitrogens with one attached hydrogen (secondary N) is 4. The lowest BCUT2D eigenvalue weighted by atomic mass is 10.1. The number of aryl methyl sites for hydroxylation is 2. The smallest absolute Gasteiger partial charge is 0.323 e. The summed E-state index contributed by atoms with van der Waals surface area (Å²) in [5, 5.41) is 30.7. The van der Waals surface area contributed by atoms with Gasteiger partial charge in [0.25, 0.3) is 0 Å². The molecule has 284 valence electrons. The fourth-order valence-corrected chi connectivity index (χ4v) is 6.23. The minimum Gasteiger partial charge on any atom is -0.507 e. The summed E-state index contributed by atoms with van der Waals surface area (Å²) in [4.78, 5) is 26.9. The first kappa shape index (κ1) is 38.7. The van der Waals surface area contributed by atoms with Crippen LogP contribution >= 0.6 is 23.2 Å². The number of carbonyl (C=O) groups is 2. The number of nitrogens with zero attached hydrogens (tertiary/aromatic N) is 5. The van der Waals surface area contributed by atoms with Crippen LogP contribution < -0.4 is 26.0 Å². The fraction of sp³-hybridized carbons (Fsp3) is 0.200. The van der Waals surface area contributed by atoms with Gasteiger partial charge in [-0.05, 0) is 123 Å². The van der Waals surface area contributed by atoms with Gasteiger partial charge in [0.05, 0.1) is 11.4 Å². The molecule has 0 radical (unpaired) electrons. The normalized spacial score (nSPS) is 12.4. The SMILES string of the molecule is Cn1nccc1-c1cc(NC(=O)Nc2ccc(Cl)cc2)ccc1O.Cn1nccc1-c1cc(NC(=O)Nc2ccc(Cl)cc2)ccc1OCCN1CCCC1. The Labute approximate surface area is 328 Å². The average molecular weight is 783 g/mol. The zero-order valence-electron chi connectivity index (χ0n) is 30.3. The van der Waals surface area contributed by atoms with Crippen molar-refractivity contribution in [2.45, 2.75) is 12.8 Å². The molecule has 5 N–H and O–H groups in total. The molecule has 1 fully saturated rings. The van der Waals surface area contributed by atoms with Gasteiger partial charge in [-0.2, -0.15) is 10.2 Å². The van der Waals surface area contributed by atoms with E-state index >= 15 is 0 Å². The van der Waals surface area contributed by atoms with Gasteiger partial charge in [0.1, 0.15) is 18.1 Å². The largest absolute Gasteiger partial charge is 0.507 e. The maximum Gasteiger partial charge on any atom is 0.323 e. The van der Waals surface area contributed by atoms with Crippen molar-refractivity contribution in [3.8, 4) is 34.0 Å². The van der Waals surface area contributed by atoms with Crippen molar-refractivity contribution in [2.75, 3.05) is 47.5 Å². The Morgan fingerprint density at radius 1 is 0.655 bits per heavy atom. The first-order valence-electron chi connectivity index (χ1n) is 17.6. The summed E-state index contributed by atoms with van der Waals surface area (Å²) in [5.74, 6) is 0.883. The minimum atomic E-state index is -0.390. The molecular weight excluding hydrogens is 741 g/mol. The number of aromatic hydroxyl groups is 1. The number of likely N-dealkylation sites (tertiary alicyclic amines) is 1. The second-order valence-electron chi connectivity index (χ2n) is 12.7. The molecule has 1 saturated heterocycles. The molecule has 7 rings (SSSR count). The molecule has 0 atom stereocenters. The number of halogens is 2. The van der Waals surface area contributed by atoms with Crippen molar-refractivity contribution in [3.63, 3.8) is 0 Å². The van der Waals surface area contributed by atoms with Crippen LogP contribution in [0.25, 0.3) is 22.5 Å². The third-order valence-corrected chi connectivity index (χ3v) is 9.26. The molecule has 15 heteroatoms. The van der Waals surface area contributed by atoms with Gasteiger partial charge >= 0.3 is 12.1 Å². The lowest BCUT2D eigenvalue weighted by Gasteiger charge is -2.17. The van der Waals surface area contributed by atoms with Crippen molar-refractivity contribution in [2.24, 2.45) is 14.1 Å². The number of ether oxygens (including phenoxy) is 1. The molecule has 0 saturated carbocycles. The Morgan fingerprint density at radius 2 is 1.11 bits per heavy atom. The van der Waals surface area contributed by atoms with Crippen LogP contribution in [0.1, 0.15) is 12.8 Å². The third-order valence-electron chi connectivity index (χ3n) is 8.75. The Kier molecular flexibility index (Phi) is 12.9. The monoisotopic (exact) mass is 781 g/mol. The molecular formula is C40H41Cl2N9O4. The van der Waals surface area contributed by atoms with Gasteiger partial charge in [0.15, 0.2) is 0 Å². The average Bonchev–Trinajstić information content (AvgIpc) is 3.95. The molecule has 1 aliphatic heterocycles. The van der Waals surface area contributed by atoms with E-state index in [0.717, 1.165) is 42.3 Å². The number of hydrogen-bond donors (Lipinski definition) is 5. The predicted molar refractivity (Wildman–Crippen MR) is 218 cm³/mol. The first-order chi connectivity index (χ1) is 26.6. The molecule has 3 heterocycles. The van der Waals surface area contributed by atoms with Crippen molar-refractivity contribution in [3.05, 3.63) is 120 Å². The highest BCUT2D eigenvalue weighted by Gasteiger charge is 2.16. The zero-order valence-corrected chi connectivity index (χ0v) is 31.8. The van der Waals surface area contributed by atoms with Gasteiger partial charge in [0.2, 0.25) is 0 Å². The Hall–Kier alpha value is -6.02. The standard InChI is InChI=1S/C23H26ClN5O2.C17H15ClN4O2/c1-28-21(10-11-25-28)20-16-19(27-23(30)26-18-6-4-17(24)5-7-18)8-9-22(20)31-15-14-29-12-2-3-13-29;1-22-15(8-9-19-22)14-10-13(6-7-16(14)23)21-17(24)20-12-4-2-11(18)3-5-12/h4-11,16H,2-3,12-15H2,1H3,(H2,26,27,30);2-10,23H,1H3,(H2,20,21,24). The van der Waals surface area contributed by atoms with Gasteiger partial charge in [-0.1, -0.05) is 23.2 Å². The van der Waals surface area contributed by atoms with Gasteiger partial charge in [-0.3, -0.25) is 14.3 Å². The topological polar surface area (TPSA) is 151 Å². The molecule has 6 aromatic rings. The van der Waals surface area contributed by atoms with Crippen LogP contribution in [0.3, 0.4) is 0 Å². The van der Waals surface area contributed by atoms with E-state index < -0.39 is 0 Å². The van der Waals surface area contributed by atoms with Crippen LogP contribution in [0.2, 0.25) is 10.0 Å². The van der Waals surface area contributed by atoms with Crippen LogP contribution in [-0.2, 0) is 14.1 Å². The van der Waals surface area contributed by atoms with Crippen LogP contribution in [0, 0.1) is 0 Å². The third kappa shape index (κ3) is 10.8. The van der Waals surface area contributed by atoms with E-state index in [1.165, 1.54) is 18.9 Å². The van der Waals surface area contributed by atoms with E-state index in [0.29, 0.717) is 45.0 Å². The molecule has 1 aliphatic rings. The van der Waals surface area contributed by atoms with E-state index in [9.17, 15) is 14.7 Å². The van der Waals surface area contributed by atoms with Crippen molar-refractivity contribution < 1.29 is 19.4 Å². The number of carbonyl (C=O) groups excluding carboxylic acids is 2. The van der Waals surface area contributed by atoms with E-state index in [1.807, 2.05) is 31.3 Å². The molecule has 0 bridgehead atoms. The van der Waals surface area contributed by atoms with Gasteiger partial charge < -0.3 is 31.1 Å². The molecule has 2 aromatic heterocycles. The molecule has 4 amide bonds. The van der Waals surface area contributed by atoms with E-state index in [1.54, 1.807) is 95.5 Å². The van der Waals surface area contributed by atoms with Gasteiger partial charge in [-0.25, -0.2) is 9.59 Å². The van der Waals surface area contributed by atoms with Crippen molar-refractivity contribution in [1.29, 1.82) is 0 Å². The number of amides is 4. The van der Waals surface area contributed by atoms with Gasteiger partial charge in [0, 0.05) is 77.0 Å². The second-order valence-corrected chi connectivity index (χ2v) is 13.6. The maximum absolute atomic E-state index is 12.4. The van der Waals surface area contributed by atoms with Crippen LogP contribution in [-0.4, -0.2) is 67.9 Å². The summed E-state index contributed by atoms with van der Waals surface area (Å²) in [5.41, 5.74) is 5.63. The molecule has 4 aromatic carbocycles. The van der Waals surface area contributed by atoms with Crippen LogP contribution in [0.5, 0.6) is 11.5 Å². The highest BCUT2D eigenvalue weighted by atomic mass is 35.5. The van der Waals surface area contributed by atoms with Crippen molar-refractivity contribution in [1.82, 2.24) is 24.5 Å². The lowest BCUT2D eigenvalue weighted by Crippen LogP contribution is -2.25. The second kappa shape index (κ2) is 18.3. The fourth-order valence-electron chi connectivity index (χ4n) is 5.97. The summed E-state index contributed by atoms with van der Waals surface area (Å²) in [6.07, 6.45) is 5.91. The summed E-state index contributed by atoms with van der Waals surface area (Å²) >= 11 is 11.7. The van der Waals surface area contributed by atoms with Gasteiger partial charge in [-0.15, -0.1) is 0 Å². The first-order valence-corrected chi connectivity index (χ1v) is 18.3. The van der Waals surface area contributed by atoms with E-state index in [4.69, 9.17) is 27.9 Å². The van der Waals surface area contributed by atoms with Crippen LogP contribution in [0.15, 0.2) is 109 Å². The number of hydrogen-bond acceptors (Lipinski definition) is 7. The summed E-state index contributed by atoms with van der Waals surface area (Å²) in [7, 11) is 3.67. The Balaban J connectivity index is 0.000000193. The number of phenols is 1. The Bertz CT molecular complexity index is 2220. The highest BCUT2D eigenvalue weighted by Crippen LogP contribution is 2.33. The number of benzene rings is 4. The quantitative estimate of drug-likeness (QED) is 0.0871. The number of urea groups is 2. The number of phenolic OH excluding ortho intramolecular Hbond substituents is 1. The lowest BCUT2D eigenvalue weighted by molar-refractivity contribution is 0.238. The summed E-state index contributed by atoms with van der Waals surface area (Å²) in [6, 6.07) is 27.2. The number of aromatic nitrogens is 4. The van der Waals surface area contributed by atoms with E-state index in [-0.39, 0.29) is 17.8 Å². The molecule has 0 unspecified atom stereocenters. The summed E-state index contributed by atoms with van der Waals surface area (Å²) in [6.45, 7) is 3.82. The molecule has 13 nitrogen and oxygen atoms in total. The molecule has 0 aliphatic carbocycles. The minimum absolute atomic E-state index is 0.113.